The molecule has 0 aliphatic carbocycles. The van der Waals surface area contributed by atoms with Gasteiger partial charge in [-0.3, -0.25) is 0 Å². The second-order valence-electron chi connectivity index (χ2n) is 2.59. The van der Waals surface area contributed by atoms with Crippen LogP contribution < -0.4 is 10.6 Å². The van der Waals surface area contributed by atoms with Crippen LogP contribution in [0, 0.1) is 5.92 Å². The number of rotatable bonds is 5. The van der Waals surface area contributed by atoms with Gasteiger partial charge < -0.3 is 24.9 Å². The summed E-state index contributed by atoms with van der Waals surface area (Å²) in [6.07, 6.45) is -0.713. The Hall–Kier alpha value is -1.79. The quantitative estimate of drug-likeness (QED) is 0.607. The Bertz CT molecular complexity index is 211. The van der Waals surface area contributed by atoms with E-state index in [2.05, 4.69) is 20.1 Å². The highest BCUT2D eigenvalue weighted by Gasteiger charge is 2.12. The normalized spacial score (nSPS) is 9.27. The maximum absolute atomic E-state index is 10.7. The van der Waals surface area contributed by atoms with Crippen molar-refractivity contribution >= 4 is 18.5 Å². The third kappa shape index (κ3) is 6.30. The van der Waals surface area contributed by atoms with Crippen molar-refractivity contribution in [2.45, 2.75) is 0 Å². The predicted molar refractivity (Wildman–Crippen MR) is 50.4 cm³/mol. The molecule has 0 spiro atoms. The molecule has 86 valence electrons. The Morgan fingerprint density at radius 3 is 1.80 bits per heavy atom. The van der Waals surface area contributed by atoms with Gasteiger partial charge in [-0.05, 0) is 0 Å². The van der Waals surface area contributed by atoms with Crippen molar-refractivity contribution in [1.29, 1.82) is 0 Å². The first kappa shape index (κ1) is 13.2. The zero-order chi connectivity index (χ0) is 11.7. The van der Waals surface area contributed by atoms with E-state index in [0.717, 1.165) is 0 Å². The van der Waals surface area contributed by atoms with Gasteiger partial charge in [-0.15, -0.1) is 0 Å². The highest BCUT2D eigenvalue weighted by Crippen LogP contribution is 1.95. The van der Waals surface area contributed by atoms with Gasteiger partial charge >= 0.3 is 12.2 Å². The van der Waals surface area contributed by atoms with Gasteiger partial charge in [-0.1, -0.05) is 0 Å². The molecule has 0 atom stereocenters. The molecule has 7 nitrogen and oxygen atoms in total. The van der Waals surface area contributed by atoms with Crippen LogP contribution >= 0.6 is 0 Å². The number of amides is 2. The van der Waals surface area contributed by atoms with Gasteiger partial charge in [0, 0.05) is 14.1 Å². The summed E-state index contributed by atoms with van der Waals surface area (Å²) in [5.41, 5.74) is 0. The molecule has 0 unspecified atom stereocenters. The second kappa shape index (κ2) is 7.60. The van der Waals surface area contributed by atoms with Gasteiger partial charge in [-0.2, -0.15) is 0 Å². The standard InChI is InChI=1S/C8H14N2O5/c1-9-7(12)14-4-6(3-11)5-15-8(13)10-2/h3,6H,4-5H2,1-2H3,(H,9,12)(H,10,13). The lowest BCUT2D eigenvalue weighted by Crippen LogP contribution is -2.28. The number of nitrogens with one attached hydrogen (secondary N) is 2. The average molecular weight is 218 g/mol. The van der Waals surface area contributed by atoms with Gasteiger partial charge in [0.2, 0.25) is 0 Å². The molecular weight excluding hydrogens is 204 g/mol. The molecule has 0 rings (SSSR count). The SMILES string of the molecule is CNC(=O)OCC(C=O)COC(=O)NC. The monoisotopic (exact) mass is 218 g/mol. The zero-order valence-electron chi connectivity index (χ0n) is 8.61. The minimum Gasteiger partial charge on any atom is -0.449 e. The molecule has 15 heavy (non-hydrogen) atoms. The van der Waals surface area contributed by atoms with E-state index in [1.54, 1.807) is 0 Å². The van der Waals surface area contributed by atoms with Crippen LogP contribution in [-0.2, 0) is 14.3 Å². The molecule has 7 heteroatoms. The van der Waals surface area contributed by atoms with Crippen LogP contribution in [0.15, 0.2) is 0 Å². The molecule has 0 saturated carbocycles. The van der Waals surface area contributed by atoms with E-state index in [1.165, 1.54) is 14.1 Å². The van der Waals surface area contributed by atoms with Crippen molar-refractivity contribution in [3.63, 3.8) is 0 Å². The molecule has 0 aromatic rings. The number of ether oxygens (including phenoxy) is 2. The molecule has 2 N–H and O–H groups in total. The van der Waals surface area contributed by atoms with Crippen LogP contribution in [0.3, 0.4) is 0 Å². The maximum Gasteiger partial charge on any atom is 0.406 e. The Kier molecular flexibility index (Phi) is 6.69. The van der Waals surface area contributed by atoms with Crippen molar-refractivity contribution < 1.29 is 23.9 Å². The first-order valence-electron chi connectivity index (χ1n) is 4.28. The van der Waals surface area contributed by atoms with Gasteiger partial charge in [0.15, 0.2) is 0 Å². The zero-order valence-corrected chi connectivity index (χ0v) is 8.61. The fourth-order valence-electron chi connectivity index (χ4n) is 0.636. The smallest absolute Gasteiger partial charge is 0.406 e. The van der Waals surface area contributed by atoms with Gasteiger partial charge in [0.1, 0.15) is 19.5 Å². The summed E-state index contributed by atoms with van der Waals surface area (Å²) >= 11 is 0. The third-order valence-electron chi connectivity index (χ3n) is 1.46. The van der Waals surface area contributed by atoms with Crippen molar-refractivity contribution in [2.75, 3.05) is 27.3 Å². The number of aldehydes is 1. The number of hydrogen-bond acceptors (Lipinski definition) is 5. The second-order valence-corrected chi connectivity index (χ2v) is 2.59. The predicted octanol–water partition coefficient (Wildman–Crippen LogP) is -0.486. The number of carbonyl (C=O) groups excluding carboxylic acids is 3. The van der Waals surface area contributed by atoms with Crippen molar-refractivity contribution in [1.82, 2.24) is 10.6 Å². The molecule has 0 bridgehead atoms. The van der Waals surface area contributed by atoms with Crippen LogP contribution in [0.25, 0.3) is 0 Å². The van der Waals surface area contributed by atoms with Crippen molar-refractivity contribution in [3.8, 4) is 0 Å². The maximum atomic E-state index is 10.7. The molecule has 0 aliphatic rings. The summed E-state index contributed by atoms with van der Waals surface area (Å²) < 4.78 is 9.23. The highest BCUT2D eigenvalue weighted by molar-refractivity contribution is 5.68. The molecule has 0 aromatic carbocycles. The molecule has 2 amide bonds. The fourth-order valence-corrected chi connectivity index (χ4v) is 0.636. The molecule has 0 fully saturated rings. The van der Waals surface area contributed by atoms with Crippen molar-refractivity contribution in [2.24, 2.45) is 5.92 Å². The van der Waals surface area contributed by atoms with E-state index in [4.69, 9.17) is 0 Å². The average Bonchev–Trinajstić information content (AvgIpc) is 2.28. The molecule has 0 saturated heterocycles. The highest BCUT2D eigenvalue weighted by atomic mass is 16.6. The number of carbonyl (C=O) groups is 3. The molecule has 0 aromatic heterocycles. The molecule has 0 aliphatic heterocycles. The molecule has 0 radical (unpaired) electrons. The lowest BCUT2D eigenvalue weighted by Gasteiger charge is -2.10. The fraction of sp³-hybridized carbons (Fsp3) is 0.625. The van der Waals surface area contributed by atoms with Gasteiger partial charge in [0.25, 0.3) is 0 Å². The summed E-state index contributed by atoms with van der Waals surface area (Å²) in [5, 5.41) is 4.45. The third-order valence-corrected chi connectivity index (χ3v) is 1.46. The van der Waals surface area contributed by atoms with E-state index in [0.29, 0.717) is 6.29 Å². The van der Waals surface area contributed by atoms with Crippen LogP contribution in [0.5, 0.6) is 0 Å². The summed E-state index contributed by atoms with van der Waals surface area (Å²) in [7, 11) is 2.80. The lowest BCUT2D eigenvalue weighted by molar-refractivity contribution is -0.113. The van der Waals surface area contributed by atoms with Gasteiger partial charge in [0.05, 0.1) is 5.92 Å². The van der Waals surface area contributed by atoms with Crippen LogP contribution in [0.1, 0.15) is 0 Å². The van der Waals surface area contributed by atoms with Crippen molar-refractivity contribution in [3.05, 3.63) is 0 Å². The summed E-state index contributed by atoms with van der Waals surface area (Å²) in [6.45, 7) is -0.250. The first-order valence-corrected chi connectivity index (χ1v) is 4.28. The summed E-state index contributed by atoms with van der Waals surface area (Å²) in [6, 6.07) is 0. The topological polar surface area (TPSA) is 93.7 Å². The Balaban J connectivity index is 3.78. The molecule has 0 heterocycles. The van der Waals surface area contributed by atoms with E-state index in [9.17, 15) is 14.4 Å². The first-order chi connectivity index (χ1) is 7.13. The van der Waals surface area contributed by atoms with Crippen LogP contribution in [0.2, 0.25) is 0 Å². The van der Waals surface area contributed by atoms with E-state index < -0.39 is 18.1 Å². The number of hydrogen-bond donors (Lipinski definition) is 2. The number of alkyl carbamates (subject to hydrolysis) is 2. The largest absolute Gasteiger partial charge is 0.449 e. The van der Waals surface area contributed by atoms with E-state index in [1.807, 2.05) is 0 Å². The Morgan fingerprint density at radius 1 is 1.13 bits per heavy atom. The summed E-state index contributed by atoms with van der Waals surface area (Å²) in [4.78, 5) is 31.8. The van der Waals surface area contributed by atoms with E-state index in [-0.39, 0.29) is 13.2 Å². The Morgan fingerprint density at radius 2 is 1.53 bits per heavy atom. The Labute approximate surface area is 87.1 Å². The van der Waals surface area contributed by atoms with Crippen LogP contribution in [0.4, 0.5) is 9.59 Å². The minimum absolute atomic E-state index is 0.125. The van der Waals surface area contributed by atoms with Gasteiger partial charge in [-0.25, -0.2) is 9.59 Å². The van der Waals surface area contributed by atoms with E-state index >= 15 is 0 Å². The lowest BCUT2D eigenvalue weighted by atomic mass is 10.2. The summed E-state index contributed by atoms with van der Waals surface area (Å²) in [5.74, 6) is -0.653. The minimum atomic E-state index is -0.653. The molecular formula is C8H14N2O5. The van der Waals surface area contributed by atoms with Crippen LogP contribution in [-0.4, -0.2) is 45.8 Å².